The van der Waals surface area contributed by atoms with Gasteiger partial charge in [-0.3, -0.25) is 9.59 Å². The van der Waals surface area contributed by atoms with Crippen LogP contribution in [0.3, 0.4) is 0 Å². The molecule has 0 bridgehead atoms. The molecule has 0 heterocycles. The number of benzene rings is 4. The molecule has 0 saturated carbocycles. The van der Waals surface area contributed by atoms with Crippen LogP contribution in [0.15, 0.2) is 121 Å². The van der Waals surface area contributed by atoms with Crippen LogP contribution in [-0.2, 0) is 36.0 Å². The van der Waals surface area contributed by atoms with Crippen LogP contribution in [0.1, 0.15) is 47.9 Å². The Bertz CT molecular complexity index is 1260. The Labute approximate surface area is 247 Å². The molecule has 4 aromatic rings. The summed E-state index contributed by atoms with van der Waals surface area (Å²) in [5.41, 5.74) is 2.49. The van der Waals surface area contributed by atoms with Crippen LogP contribution in [0.25, 0.3) is 0 Å². The van der Waals surface area contributed by atoms with Gasteiger partial charge in [-0.1, -0.05) is 128 Å². The smallest absolute Gasteiger partial charge is 0.314 e. The molecule has 0 amide bonds. The molecule has 4 aromatic carbocycles. The lowest BCUT2D eigenvalue weighted by Gasteiger charge is -2.37. The first-order valence-electron chi connectivity index (χ1n) is 14.3. The molecule has 0 aliphatic rings. The number of hydrogen-bond donors (Lipinski definition) is 1. The predicted octanol–water partition coefficient (Wildman–Crippen LogP) is 6.45. The third-order valence-corrected chi connectivity index (χ3v) is 7.37. The molecule has 0 fully saturated rings. The molecule has 2 atom stereocenters. The van der Waals surface area contributed by atoms with Crippen LogP contribution in [0.4, 0.5) is 0 Å². The Hall–Kier alpha value is -4.26. The van der Waals surface area contributed by atoms with E-state index in [0.29, 0.717) is 19.3 Å². The van der Waals surface area contributed by atoms with Crippen LogP contribution in [0.2, 0.25) is 0 Å². The molecule has 0 aliphatic carbocycles. The van der Waals surface area contributed by atoms with Crippen LogP contribution >= 0.6 is 0 Å². The van der Waals surface area contributed by atoms with E-state index in [2.05, 4.69) is 0 Å². The van der Waals surface area contributed by atoms with E-state index in [1.807, 2.05) is 121 Å². The molecular formula is C36H38O6. The average Bonchev–Trinajstić information content (AvgIpc) is 3.05. The minimum atomic E-state index is -1.05. The van der Waals surface area contributed by atoms with E-state index in [-0.39, 0.29) is 25.6 Å². The van der Waals surface area contributed by atoms with Crippen molar-refractivity contribution in [3.63, 3.8) is 0 Å². The Kier molecular flexibility index (Phi) is 11.4. The molecule has 0 radical (unpaired) electrons. The Morgan fingerprint density at radius 1 is 0.714 bits per heavy atom. The van der Waals surface area contributed by atoms with Gasteiger partial charge in [0.25, 0.3) is 0 Å². The van der Waals surface area contributed by atoms with Gasteiger partial charge in [0.2, 0.25) is 0 Å². The van der Waals surface area contributed by atoms with Crippen molar-refractivity contribution in [3.05, 3.63) is 144 Å². The number of ether oxygens (including phenoxy) is 3. The first-order chi connectivity index (χ1) is 20.5. The third kappa shape index (κ3) is 7.93. The van der Waals surface area contributed by atoms with Gasteiger partial charge in [-0.15, -0.1) is 0 Å². The zero-order chi connectivity index (χ0) is 29.6. The predicted molar refractivity (Wildman–Crippen MR) is 161 cm³/mol. The van der Waals surface area contributed by atoms with Gasteiger partial charge in [0, 0.05) is 6.42 Å². The fourth-order valence-corrected chi connectivity index (χ4v) is 5.08. The van der Waals surface area contributed by atoms with Gasteiger partial charge >= 0.3 is 11.9 Å². The number of rotatable bonds is 15. The summed E-state index contributed by atoms with van der Waals surface area (Å²) in [6.07, 6.45) is 0.603. The number of aliphatic hydroxyl groups excluding tert-OH is 1. The van der Waals surface area contributed by atoms with E-state index in [0.717, 1.165) is 22.3 Å². The second-order valence-corrected chi connectivity index (χ2v) is 10.2. The van der Waals surface area contributed by atoms with Crippen LogP contribution < -0.4 is 0 Å². The summed E-state index contributed by atoms with van der Waals surface area (Å²) in [5.74, 6) is -1.80. The van der Waals surface area contributed by atoms with E-state index in [4.69, 9.17) is 14.2 Å². The number of hydrogen-bond acceptors (Lipinski definition) is 6. The van der Waals surface area contributed by atoms with Crippen molar-refractivity contribution in [1.82, 2.24) is 0 Å². The summed E-state index contributed by atoms with van der Waals surface area (Å²) in [7, 11) is 1.35. The highest BCUT2D eigenvalue weighted by Gasteiger charge is 2.40. The lowest BCUT2D eigenvalue weighted by atomic mass is 9.80. The van der Waals surface area contributed by atoms with Gasteiger partial charge in [-0.25, -0.2) is 0 Å². The van der Waals surface area contributed by atoms with Gasteiger partial charge in [0.15, 0.2) is 0 Å². The van der Waals surface area contributed by atoms with Crippen molar-refractivity contribution in [2.45, 2.75) is 44.0 Å². The third-order valence-electron chi connectivity index (χ3n) is 7.37. The normalized spacial score (nSPS) is 12.7. The van der Waals surface area contributed by atoms with Crippen LogP contribution in [0.5, 0.6) is 0 Å². The average molecular weight is 567 g/mol. The van der Waals surface area contributed by atoms with E-state index in [1.54, 1.807) is 0 Å². The Balaban J connectivity index is 1.64. The second-order valence-electron chi connectivity index (χ2n) is 10.2. The lowest BCUT2D eigenvalue weighted by Crippen LogP contribution is -2.40. The second kappa shape index (κ2) is 15.7. The minimum absolute atomic E-state index is 0.0897. The van der Waals surface area contributed by atoms with Crippen LogP contribution in [0, 0.1) is 5.92 Å². The zero-order valence-electron chi connectivity index (χ0n) is 23.9. The fraction of sp³-hybridized carbons (Fsp3) is 0.278. The number of methoxy groups -OCH3 is 1. The molecular weight excluding hydrogens is 528 g/mol. The molecule has 0 unspecified atom stereocenters. The molecule has 0 aliphatic heterocycles. The monoisotopic (exact) mass is 566 g/mol. The molecule has 42 heavy (non-hydrogen) atoms. The number of esters is 2. The number of unbranched alkanes of at least 4 members (excludes halogenated alkanes) is 1. The quantitative estimate of drug-likeness (QED) is 0.101. The highest BCUT2D eigenvalue weighted by molar-refractivity contribution is 5.73. The molecule has 4 rings (SSSR count). The molecule has 0 aromatic heterocycles. The standard InChI is InChI=1S/C36H38O6/c1-40-34(38)25-15-14-24-33(37)32(35(39)41-26-28-16-6-2-7-17-28)27-42-36(29-18-8-3-9-19-29,30-20-10-4-11-21-30)31-22-12-5-13-23-31/h2-13,16-23,32-33,37H,14-15,24-27H2,1H3/t32-,33+/m0/s1. The summed E-state index contributed by atoms with van der Waals surface area (Å²) in [6, 6.07) is 39.1. The van der Waals surface area contributed by atoms with Crippen LogP contribution in [-0.4, -0.2) is 36.9 Å². The molecule has 218 valence electrons. The molecule has 6 nitrogen and oxygen atoms in total. The highest BCUT2D eigenvalue weighted by Crippen LogP contribution is 2.41. The zero-order valence-corrected chi connectivity index (χ0v) is 23.9. The maximum Gasteiger partial charge on any atom is 0.314 e. The van der Waals surface area contributed by atoms with Gasteiger partial charge in [-0.2, -0.15) is 0 Å². The number of aliphatic hydroxyl groups is 1. The summed E-state index contributed by atoms with van der Waals surface area (Å²) >= 11 is 0. The molecule has 1 N–H and O–H groups in total. The van der Waals surface area contributed by atoms with Crippen molar-refractivity contribution in [1.29, 1.82) is 0 Å². The van der Waals surface area contributed by atoms with Crippen molar-refractivity contribution < 1.29 is 28.9 Å². The summed E-state index contributed by atoms with van der Waals surface area (Å²) < 4.78 is 17.3. The largest absolute Gasteiger partial charge is 0.469 e. The SMILES string of the molecule is COC(=O)CCCC[C@@H](O)[C@H](COC(c1ccccc1)(c1ccccc1)c1ccccc1)C(=O)OCc1ccccc1. The summed E-state index contributed by atoms with van der Waals surface area (Å²) in [6.45, 7) is -0.00307. The molecule has 0 spiro atoms. The van der Waals surface area contributed by atoms with E-state index in [9.17, 15) is 14.7 Å². The van der Waals surface area contributed by atoms with Gasteiger partial charge in [0.05, 0.1) is 19.8 Å². The number of carbonyl (C=O) groups excluding carboxylic acids is 2. The van der Waals surface area contributed by atoms with Crippen molar-refractivity contribution in [3.8, 4) is 0 Å². The fourth-order valence-electron chi connectivity index (χ4n) is 5.08. The lowest BCUT2D eigenvalue weighted by molar-refractivity contribution is -0.160. The van der Waals surface area contributed by atoms with Gasteiger partial charge in [-0.05, 0) is 35.1 Å². The van der Waals surface area contributed by atoms with Gasteiger partial charge < -0.3 is 19.3 Å². The van der Waals surface area contributed by atoms with Crippen molar-refractivity contribution in [2.75, 3.05) is 13.7 Å². The maximum absolute atomic E-state index is 13.5. The first kappa shape index (κ1) is 30.7. The Morgan fingerprint density at radius 3 is 1.67 bits per heavy atom. The van der Waals surface area contributed by atoms with Crippen molar-refractivity contribution >= 4 is 11.9 Å². The minimum Gasteiger partial charge on any atom is -0.469 e. The van der Waals surface area contributed by atoms with E-state index in [1.165, 1.54) is 7.11 Å². The topological polar surface area (TPSA) is 82.1 Å². The first-order valence-corrected chi connectivity index (χ1v) is 14.3. The van der Waals surface area contributed by atoms with E-state index < -0.39 is 23.6 Å². The van der Waals surface area contributed by atoms with E-state index >= 15 is 0 Å². The van der Waals surface area contributed by atoms with Gasteiger partial charge in [0.1, 0.15) is 18.1 Å². The molecule has 6 heteroatoms. The van der Waals surface area contributed by atoms with Crippen molar-refractivity contribution in [2.24, 2.45) is 5.92 Å². The maximum atomic E-state index is 13.5. The highest BCUT2D eigenvalue weighted by atomic mass is 16.5. The Morgan fingerprint density at radius 2 is 1.19 bits per heavy atom. The molecule has 0 saturated heterocycles. The summed E-state index contributed by atoms with van der Waals surface area (Å²) in [4.78, 5) is 25.1. The summed E-state index contributed by atoms with van der Waals surface area (Å²) in [5, 5.41) is 11.3. The number of carbonyl (C=O) groups is 2.